The van der Waals surface area contributed by atoms with E-state index in [-0.39, 0.29) is 0 Å². The Bertz CT molecular complexity index is 1200. The number of nitrogens with zero attached hydrogens (tertiary/aromatic N) is 7. The molecule has 29 heavy (non-hydrogen) atoms. The standard InChI is InChI=1S/C21H23N7S/c1-12-9-13(2)24-20-16(12)17-18(29-20)19(23-11-22-17)27-5-7-28(8-6-27)21-25-14(3)10-15(4)26-21/h9-11H,5-8H2,1-4H3. The van der Waals surface area contributed by atoms with Crippen LogP contribution in [0, 0.1) is 27.7 Å². The summed E-state index contributed by atoms with van der Waals surface area (Å²) in [6.07, 6.45) is 1.68. The van der Waals surface area contributed by atoms with Crippen LogP contribution in [0.4, 0.5) is 11.8 Å². The predicted molar refractivity (Wildman–Crippen MR) is 118 cm³/mol. The van der Waals surface area contributed by atoms with E-state index in [9.17, 15) is 0 Å². The lowest BCUT2D eigenvalue weighted by Gasteiger charge is -2.35. The lowest BCUT2D eigenvalue weighted by atomic mass is 10.1. The van der Waals surface area contributed by atoms with Gasteiger partial charge in [-0.1, -0.05) is 0 Å². The third-order valence-electron chi connectivity index (χ3n) is 5.36. The van der Waals surface area contributed by atoms with Crippen molar-refractivity contribution in [1.29, 1.82) is 0 Å². The van der Waals surface area contributed by atoms with Crippen LogP contribution in [-0.4, -0.2) is 51.1 Å². The lowest BCUT2D eigenvalue weighted by molar-refractivity contribution is 0.634. The summed E-state index contributed by atoms with van der Waals surface area (Å²) in [7, 11) is 0. The number of piperazine rings is 1. The molecular formula is C21H23N7S. The van der Waals surface area contributed by atoms with Gasteiger partial charge in [0, 0.05) is 48.6 Å². The minimum Gasteiger partial charge on any atom is -0.352 e. The Morgan fingerprint density at radius 1 is 0.793 bits per heavy atom. The van der Waals surface area contributed by atoms with Gasteiger partial charge in [0.1, 0.15) is 17.0 Å². The molecule has 0 saturated carbocycles. The average molecular weight is 406 g/mol. The molecule has 8 heteroatoms. The Balaban J connectivity index is 1.47. The fraction of sp³-hybridized carbons (Fsp3) is 0.381. The smallest absolute Gasteiger partial charge is 0.225 e. The van der Waals surface area contributed by atoms with Crippen molar-refractivity contribution in [3.63, 3.8) is 0 Å². The highest BCUT2D eigenvalue weighted by molar-refractivity contribution is 7.26. The van der Waals surface area contributed by atoms with E-state index >= 15 is 0 Å². The first-order valence-corrected chi connectivity index (χ1v) is 10.6. The Kier molecular flexibility index (Phi) is 4.31. The maximum absolute atomic E-state index is 4.74. The SMILES string of the molecule is Cc1cc(C)nc(N2CCN(c3ncnc4c3sc3nc(C)cc(C)c34)CC2)n1. The molecule has 5 heterocycles. The number of rotatable bonds is 2. The fourth-order valence-corrected chi connectivity index (χ4v) is 5.36. The largest absolute Gasteiger partial charge is 0.352 e. The van der Waals surface area contributed by atoms with Gasteiger partial charge in [-0.3, -0.25) is 0 Å². The summed E-state index contributed by atoms with van der Waals surface area (Å²) >= 11 is 1.70. The van der Waals surface area contributed by atoms with Gasteiger partial charge >= 0.3 is 0 Å². The van der Waals surface area contributed by atoms with E-state index in [2.05, 4.69) is 42.7 Å². The quantitative estimate of drug-likeness (QED) is 0.505. The van der Waals surface area contributed by atoms with Crippen molar-refractivity contribution in [2.24, 2.45) is 0 Å². The van der Waals surface area contributed by atoms with Gasteiger partial charge in [-0.15, -0.1) is 11.3 Å². The Morgan fingerprint density at radius 3 is 2.17 bits per heavy atom. The summed E-state index contributed by atoms with van der Waals surface area (Å²) < 4.78 is 1.12. The topological polar surface area (TPSA) is 70.9 Å². The molecule has 0 unspecified atom stereocenters. The highest BCUT2D eigenvalue weighted by atomic mass is 32.1. The zero-order chi connectivity index (χ0) is 20.1. The van der Waals surface area contributed by atoms with Crippen LogP contribution in [0.1, 0.15) is 22.6 Å². The van der Waals surface area contributed by atoms with Crippen LogP contribution in [0.2, 0.25) is 0 Å². The van der Waals surface area contributed by atoms with Crippen LogP contribution in [0.3, 0.4) is 0 Å². The van der Waals surface area contributed by atoms with E-state index in [1.165, 1.54) is 5.56 Å². The summed E-state index contributed by atoms with van der Waals surface area (Å²) in [5.74, 6) is 1.84. The molecule has 1 aliphatic heterocycles. The monoisotopic (exact) mass is 405 g/mol. The number of aryl methyl sites for hydroxylation is 4. The van der Waals surface area contributed by atoms with Gasteiger partial charge in [-0.2, -0.15) is 0 Å². The van der Waals surface area contributed by atoms with Gasteiger partial charge < -0.3 is 9.80 Å². The van der Waals surface area contributed by atoms with E-state index in [0.717, 1.165) is 75.5 Å². The number of aromatic nitrogens is 5. The van der Waals surface area contributed by atoms with Crippen molar-refractivity contribution in [3.8, 4) is 0 Å². The van der Waals surface area contributed by atoms with Crippen LogP contribution < -0.4 is 9.80 Å². The molecule has 0 atom stereocenters. The third kappa shape index (κ3) is 3.17. The molecule has 1 aliphatic rings. The van der Waals surface area contributed by atoms with Crippen LogP contribution in [0.5, 0.6) is 0 Å². The molecule has 4 aromatic rings. The molecule has 0 aliphatic carbocycles. The van der Waals surface area contributed by atoms with Gasteiger partial charge in [0.25, 0.3) is 0 Å². The van der Waals surface area contributed by atoms with Gasteiger partial charge in [-0.05, 0) is 45.4 Å². The molecule has 0 amide bonds. The molecule has 0 bridgehead atoms. The van der Waals surface area contributed by atoms with Crippen molar-refractivity contribution in [2.45, 2.75) is 27.7 Å². The maximum Gasteiger partial charge on any atom is 0.225 e. The van der Waals surface area contributed by atoms with Crippen molar-refractivity contribution >= 4 is 43.5 Å². The number of thiophene rings is 1. The van der Waals surface area contributed by atoms with Crippen LogP contribution in [-0.2, 0) is 0 Å². The van der Waals surface area contributed by atoms with E-state index in [1.54, 1.807) is 17.7 Å². The van der Waals surface area contributed by atoms with Gasteiger partial charge in [-0.25, -0.2) is 24.9 Å². The summed E-state index contributed by atoms with van der Waals surface area (Å²) in [6, 6.07) is 4.13. The van der Waals surface area contributed by atoms with Gasteiger partial charge in [0.15, 0.2) is 0 Å². The molecule has 0 aromatic carbocycles. The number of hydrogen-bond donors (Lipinski definition) is 0. The maximum atomic E-state index is 4.74. The zero-order valence-electron chi connectivity index (χ0n) is 17.1. The summed E-state index contributed by atoms with van der Waals surface area (Å²) in [6.45, 7) is 11.7. The van der Waals surface area contributed by atoms with Crippen LogP contribution in [0.25, 0.3) is 20.4 Å². The molecular weight excluding hydrogens is 382 g/mol. The van der Waals surface area contributed by atoms with Crippen molar-refractivity contribution in [3.05, 3.63) is 41.1 Å². The minimum absolute atomic E-state index is 0.826. The number of hydrogen-bond acceptors (Lipinski definition) is 8. The van der Waals surface area contributed by atoms with Gasteiger partial charge in [0.2, 0.25) is 5.95 Å². The Morgan fingerprint density at radius 2 is 1.45 bits per heavy atom. The molecule has 7 nitrogen and oxygen atoms in total. The van der Waals surface area contributed by atoms with Crippen molar-refractivity contribution in [2.75, 3.05) is 36.0 Å². The molecule has 5 rings (SSSR count). The van der Waals surface area contributed by atoms with Gasteiger partial charge in [0.05, 0.1) is 10.2 Å². The van der Waals surface area contributed by atoms with E-state index in [4.69, 9.17) is 4.98 Å². The number of pyridine rings is 1. The molecule has 1 fully saturated rings. The molecule has 4 aromatic heterocycles. The van der Waals surface area contributed by atoms with E-state index < -0.39 is 0 Å². The molecule has 0 spiro atoms. The first-order chi connectivity index (χ1) is 14.0. The van der Waals surface area contributed by atoms with E-state index in [1.807, 2.05) is 26.8 Å². The lowest BCUT2D eigenvalue weighted by Crippen LogP contribution is -2.47. The third-order valence-corrected chi connectivity index (χ3v) is 6.43. The zero-order valence-corrected chi connectivity index (χ0v) is 17.9. The second-order valence-electron chi connectivity index (χ2n) is 7.66. The second-order valence-corrected chi connectivity index (χ2v) is 8.66. The Labute approximate surface area is 173 Å². The average Bonchev–Trinajstić information content (AvgIpc) is 3.06. The molecule has 0 N–H and O–H groups in total. The van der Waals surface area contributed by atoms with E-state index in [0.29, 0.717) is 0 Å². The number of anilines is 2. The van der Waals surface area contributed by atoms with Crippen molar-refractivity contribution < 1.29 is 0 Å². The minimum atomic E-state index is 0.826. The molecule has 0 radical (unpaired) electrons. The normalized spacial score (nSPS) is 14.9. The highest BCUT2D eigenvalue weighted by Crippen LogP contribution is 2.38. The number of fused-ring (bicyclic) bond motifs is 3. The predicted octanol–water partition coefficient (Wildman–Crippen LogP) is 3.59. The first-order valence-electron chi connectivity index (χ1n) is 9.83. The van der Waals surface area contributed by atoms with Crippen LogP contribution in [0.15, 0.2) is 18.5 Å². The summed E-state index contributed by atoms with van der Waals surface area (Å²) in [5, 5.41) is 1.15. The molecule has 1 saturated heterocycles. The Hall–Kier alpha value is -2.87. The first kappa shape index (κ1) is 18.2. The summed E-state index contributed by atoms with van der Waals surface area (Å²) in [4.78, 5) is 28.9. The summed E-state index contributed by atoms with van der Waals surface area (Å²) in [5.41, 5.74) is 5.30. The second kappa shape index (κ2) is 6.88. The highest BCUT2D eigenvalue weighted by Gasteiger charge is 2.24. The fourth-order valence-electron chi connectivity index (χ4n) is 4.09. The molecule has 148 valence electrons. The van der Waals surface area contributed by atoms with Crippen molar-refractivity contribution in [1.82, 2.24) is 24.9 Å². The van der Waals surface area contributed by atoms with Crippen LogP contribution >= 0.6 is 11.3 Å².